The van der Waals surface area contributed by atoms with Crippen LogP contribution in [-0.4, -0.2) is 21.5 Å². The van der Waals surface area contributed by atoms with Crippen molar-refractivity contribution >= 4 is 0 Å². The van der Waals surface area contributed by atoms with E-state index < -0.39 is 29.5 Å². The highest BCUT2D eigenvalue weighted by molar-refractivity contribution is 5.37. The van der Waals surface area contributed by atoms with Gasteiger partial charge in [0.1, 0.15) is 5.76 Å². The molecule has 2 heterocycles. The van der Waals surface area contributed by atoms with Crippen molar-refractivity contribution in [1.82, 2.24) is 9.88 Å². The number of rotatable bonds is 3. The zero-order valence-electron chi connectivity index (χ0n) is 14.2. The fourth-order valence-electron chi connectivity index (χ4n) is 2.98. The number of nitrogens with zero attached hydrogens (tertiary/aromatic N) is 2. The molecule has 0 amide bonds. The van der Waals surface area contributed by atoms with Crippen molar-refractivity contribution in [3.63, 3.8) is 0 Å². The van der Waals surface area contributed by atoms with Crippen molar-refractivity contribution in [2.75, 3.05) is 6.54 Å². The van der Waals surface area contributed by atoms with Crippen molar-refractivity contribution in [1.29, 1.82) is 0 Å². The van der Waals surface area contributed by atoms with Gasteiger partial charge >= 0.3 is 12.4 Å². The van der Waals surface area contributed by atoms with Crippen LogP contribution in [-0.2, 0) is 12.4 Å². The normalized spacial score (nSPS) is 16.1. The van der Waals surface area contributed by atoms with Crippen LogP contribution < -0.4 is 0 Å². The molecular weight excluding hydrogens is 386 g/mol. The molecule has 28 heavy (non-hydrogen) atoms. The SMILES string of the molecule is OC1=CN([C@@H](c2ccc(C(F)(F)F)cc2)c2ncccc2C(F)(F)F)CC=C1. The third-order valence-corrected chi connectivity index (χ3v) is 4.19. The summed E-state index contributed by atoms with van der Waals surface area (Å²) < 4.78 is 79.0. The molecule has 0 bridgehead atoms. The molecule has 0 radical (unpaired) electrons. The van der Waals surface area contributed by atoms with Crippen LogP contribution in [0.1, 0.15) is 28.4 Å². The van der Waals surface area contributed by atoms with Crippen LogP contribution in [0.3, 0.4) is 0 Å². The quantitative estimate of drug-likeness (QED) is 0.694. The van der Waals surface area contributed by atoms with Gasteiger partial charge in [0, 0.05) is 18.9 Å². The molecule has 3 nitrogen and oxygen atoms in total. The van der Waals surface area contributed by atoms with E-state index in [0.29, 0.717) is 0 Å². The van der Waals surface area contributed by atoms with Crippen LogP contribution in [0.15, 0.2) is 66.7 Å². The highest BCUT2D eigenvalue weighted by atomic mass is 19.4. The van der Waals surface area contributed by atoms with E-state index in [-0.39, 0.29) is 23.6 Å². The number of pyridine rings is 1. The van der Waals surface area contributed by atoms with Crippen LogP contribution in [0.25, 0.3) is 0 Å². The highest BCUT2D eigenvalue weighted by Gasteiger charge is 2.38. The Morgan fingerprint density at radius 1 is 0.964 bits per heavy atom. The first-order valence-corrected chi connectivity index (χ1v) is 8.09. The molecule has 1 atom stereocenters. The first-order valence-electron chi connectivity index (χ1n) is 8.09. The molecule has 0 saturated heterocycles. The van der Waals surface area contributed by atoms with Gasteiger partial charge in [-0.05, 0) is 35.9 Å². The lowest BCUT2D eigenvalue weighted by Crippen LogP contribution is -2.29. The summed E-state index contributed by atoms with van der Waals surface area (Å²) in [6.07, 6.45) is -3.94. The number of aliphatic hydroxyl groups excluding tert-OH is 1. The Balaban J connectivity index is 2.14. The van der Waals surface area contributed by atoms with Gasteiger partial charge in [0.2, 0.25) is 0 Å². The molecule has 2 aromatic rings. The molecule has 0 spiro atoms. The summed E-state index contributed by atoms with van der Waals surface area (Å²) in [7, 11) is 0. The van der Waals surface area contributed by atoms with Crippen LogP contribution in [0.2, 0.25) is 0 Å². The lowest BCUT2D eigenvalue weighted by Gasteiger charge is -2.33. The van der Waals surface area contributed by atoms with Crippen molar-refractivity contribution in [3.8, 4) is 0 Å². The minimum absolute atomic E-state index is 0.142. The van der Waals surface area contributed by atoms with Gasteiger partial charge in [0.25, 0.3) is 0 Å². The Labute approximate surface area is 156 Å². The second kappa shape index (κ2) is 7.21. The molecule has 148 valence electrons. The molecule has 9 heteroatoms. The summed E-state index contributed by atoms with van der Waals surface area (Å²) in [6, 6.07) is 4.70. The number of aromatic nitrogens is 1. The minimum atomic E-state index is -4.70. The van der Waals surface area contributed by atoms with Gasteiger partial charge in [-0.1, -0.05) is 18.2 Å². The number of halogens is 6. The van der Waals surface area contributed by atoms with Crippen molar-refractivity contribution in [3.05, 3.63) is 89.1 Å². The van der Waals surface area contributed by atoms with E-state index >= 15 is 0 Å². The van der Waals surface area contributed by atoms with Gasteiger partial charge in [-0.15, -0.1) is 0 Å². The zero-order valence-corrected chi connectivity index (χ0v) is 14.2. The Morgan fingerprint density at radius 3 is 2.21 bits per heavy atom. The second-order valence-corrected chi connectivity index (χ2v) is 6.11. The number of hydrogen-bond donors (Lipinski definition) is 1. The van der Waals surface area contributed by atoms with E-state index in [1.165, 1.54) is 29.4 Å². The first kappa shape index (κ1) is 19.8. The average molecular weight is 400 g/mol. The van der Waals surface area contributed by atoms with Crippen LogP contribution in [0.4, 0.5) is 26.3 Å². The standard InChI is InChI=1S/C19H14F6N2O/c20-18(21,22)13-7-5-12(6-8-13)17(27-10-2-3-14(28)11-27)16-15(19(23,24)25)4-1-9-26-16/h1-9,11,17,28H,10H2/t17-/m0/s1. The second-order valence-electron chi connectivity index (χ2n) is 6.11. The molecule has 3 rings (SSSR count). The Morgan fingerprint density at radius 2 is 1.64 bits per heavy atom. The number of hydrogen-bond acceptors (Lipinski definition) is 3. The van der Waals surface area contributed by atoms with Crippen molar-refractivity contribution in [2.24, 2.45) is 0 Å². The number of alkyl halides is 6. The summed E-state index contributed by atoms with van der Waals surface area (Å²) in [5, 5.41) is 9.74. The maximum Gasteiger partial charge on any atom is 0.418 e. The fraction of sp³-hybridized carbons (Fsp3) is 0.211. The molecule has 0 saturated carbocycles. The van der Waals surface area contributed by atoms with Gasteiger partial charge in [-0.3, -0.25) is 4.98 Å². The average Bonchev–Trinajstić information content (AvgIpc) is 2.61. The summed E-state index contributed by atoms with van der Waals surface area (Å²) in [6.45, 7) is 0.142. The maximum atomic E-state index is 13.5. The van der Waals surface area contributed by atoms with Gasteiger partial charge < -0.3 is 10.0 Å². The topological polar surface area (TPSA) is 36.4 Å². The van der Waals surface area contributed by atoms with Gasteiger partial charge in [0.15, 0.2) is 0 Å². The van der Waals surface area contributed by atoms with Gasteiger partial charge in [-0.2, -0.15) is 26.3 Å². The van der Waals surface area contributed by atoms with Gasteiger partial charge in [-0.25, -0.2) is 0 Å². The van der Waals surface area contributed by atoms with Gasteiger partial charge in [0.05, 0.1) is 22.9 Å². The summed E-state index contributed by atoms with van der Waals surface area (Å²) >= 11 is 0. The Bertz CT molecular complexity index is 900. The minimum Gasteiger partial charge on any atom is -0.506 e. The largest absolute Gasteiger partial charge is 0.506 e. The molecule has 0 unspecified atom stereocenters. The zero-order chi connectivity index (χ0) is 20.5. The maximum absolute atomic E-state index is 13.5. The summed E-state index contributed by atoms with van der Waals surface area (Å²) in [5.41, 5.74) is -2.10. The molecule has 1 aromatic carbocycles. The van der Waals surface area contributed by atoms with E-state index in [0.717, 1.165) is 36.4 Å². The van der Waals surface area contributed by atoms with Crippen LogP contribution in [0.5, 0.6) is 0 Å². The number of benzene rings is 1. The van der Waals surface area contributed by atoms with E-state index in [4.69, 9.17) is 0 Å². The van der Waals surface area contributed by atoms with E-state index in [2.05, 4.69) is 4.98 Å². The smallest absolute Gasteiger partial charge is 0.418 e. The molecule has 1 aliphatic heterocycles. The highest BCUT2D eigenvalue weighted by Crippen LogP contribution is 2.39. The Kier molecular flexibility index (Phi) is 5.10. The van der Waals surface area contributed by atoms with Crippen LogP contribution in [0, 0.1) is 0 Å². The first-order chi connectivity index (χ1) is 13.1. The molecule has 0 fully saturated rings. The third kappa shape index (κ3) is 4.13. The monoisotopic (exact) mass is 400 g/mol. The molecule has 1 aliphatic rings. The molecule has 1 N–H and O–H groups in total. The van der Waals surface area contributed by atoms with E-state index in [1.54, 1.807) is 0 Å². The van der Waals surface area contributed by atoms with E-state index in [9.17, 15) is 31.4 Å². The number of aliphatic hydroxyl groups is 1. The predicted octanol–water partition coefficient (Wildman–Crippen LogP) is 5.48. The van der Waals surface area contributed by atoms with Crippen molar-refractivity contribution < 1.29 is 31.4 Å². The Hall–Kier alpha value is -2.97. The summed E-state index contributed by atoms with van der Waals surface area (Å²) in [5.74, 6) is -0.187. The van der Waals surface area contributed by atoms with Crippen molar-refractivity contribution in [2.45, 2.75) is 18.4 Å². The summed E-state index contributed by atoms with van der Waals surface area (Å²) in [4.78, 5) is 5.26. The molecule has 0 aliphatic carbocycles. The lowest BCUT2D eigenvalue weighted by atomic mass is 9.96. The predicted molar refractivity (Wildman–Crippen MR) is 89.1 cm³/mol. The fourth-order valence-corrected chi connectivity index (χ4v) is 2.98. The molecular formula is C19H14F6N2O. The number of allylic oxidation sites excluding steroid dienone is 1. The lowest BCUT2D eigenvalue weighted by molar-refractivity contribution is -0.139. The van der Waals surface area contributed by atoms with Crippen LogP contribution >= 0.6 is 0 Å². The molecule has 1 aromatic heterocycles. The van der Waals surface area contributed by atoms with E-state index in [1.807, 2.05) is 0 Å². The third-order valence-electron chi connectivity index (χ3n) is 4.19.